The van der Waals surface area contributed by atoms with Crippen molar-refractivity contribution in [1.82, 2.24) is 29.4 Å². The van der Waals surface area contributed by atoms with Crippen LogP contribution in [-0.2, 0) is 18.0 Å². The minimum absolute atomic E-state index is 0.0470. The first kappa shape index (κ1) is 25.3. The predicted molar refractivity (Wildman–Crippen MR) is 138 cm³/mol. The SMILES string of the molecule is Cn1ncc2c3[nH]n(-c4cccc(C(=O)N5CCC[C@@H]5C(=O)O)c4)c(=O)c3c(-c3cccc(C(F)(F)F)c3)nc21. The first-order valence-electron chi connectivity index (χ1n) is 12.3. The Bertz CT molecular complexity index is 1890. The molecule has 1 aliphatic rings. The molecule has 1 fully saturated rings. The van der Waals surface area contributed by atoms with Gasteiger partial charge in [0.2, 0.25) is 0 Å². The number of aliphatic carboxylic acids is 1. The molecule has 0 unspecified atom stereocenters. The highest BCUT2D eigenvalue weighted by Gasteiger charge is 2.35. The summed E-state index contributed by atoms with van der Waals surface area (Å²) in [6.07, 6.45) is -2.17. The van der Waals surface area contributed by atoms with E-state index in [1.165, 1.54) is 44.7 Å². The summed E-state index contributed by atoms with van der Waals surface area (Å²) in [5, 5.41) is 17.2. The van der Waals surface area contributed by atoms with E-state index in [1.54, 1.807) is 19.2 Å². The Morgan fingerprint density at radius 3 is 2.65 bits per heavy atom. The molecule has 2 aromatic carbocycles. The standard InChI is InChI=1S/C27H21F3N6O4/c1-34-23-18(13-31-34)22-20(21(32-23)14-5-2-7-16(11-14)27(28,29)30)25(38)36(33-22)17-8-3-6-15(12-17)24(37)35-10-4-9-19(35)26(39)40/h2-3,5-8,11-13,19,33H,4,9-10H2,1H3,(H,39,40)/t19-/m1/s1. The van der Waals surface area contributed by atoms with Gasteiger partial charge in [-0.1, -0.05) is 18.2 Å². The number of hydrogen-bond donors (Lipinski definition) is 2. The minimum Gasteiger partial charge on any atom is -0.480 e. The lowest BCUT2D eigenvalue weighted by Gasteiger charge is -2.21. The van der Waals surface area contributed by atoms with E-state index in [9.17, 15) is 32.7 Å². The Hall–Kier alpha value is -4.94. The summed E-state index contributed by atoms with van der Waals surface area (Å²) in [7, 11) is 1.63. The summed E-state index contributed by atoms with van der Waals surface area (Å²) in [4.78, 5) is 44.4. The van der Waals surface area contributed by atoms with Crippen molar-refractivity contribution in [2.24, 2.45) is 7.05 Å². The van der Waals surface area contributed by atoms with Gasteiger partial charge in [-0.25, -0.2) is 14.5 Å². The number of carboxylic acids is 1. The highest BCUT2D eigenvalue weighted by atomic mass is 19.4. The normalized spacial score (nSPS) is 15.8. The van der Waals surface area contributed by atoms with Crippen molar-refractivity contribution in [3.63, 3.8) is 0 Å². The van der Waals surface area contributed by atoms with Crippen LogP contribution in [0.15, 0.2) is 59.5 Å². The number of halogens is 3. The quantitative estimate of drug-likeness (QED) is 0.349. The summed E-state index contributed by atoms with van der Waals surface area (Å²) in [5.74, 6) is -1.55. The molecule has 1 amide bonds. The van der Waals surface area contributed by atoms with Gasteiger partial charge < -0.3 is 10.0 Å². The van der Waals surface area contributed by atoms with Gasteiger partial charge in [-0.3, -0.25) is 19.4 Å². The molecule has 0 radical (unpaired) electrons. The number of likely N-dealkylation sites (tertiary alicyclic amines) is 1. The molecule has 0 spiro atoms. The van der Waals surface area contributed by atoms with Crippen LogP contribution in [0.3, 0.4) is 0 Å². The second-order valence-corrected chi connectivity index (χ2v) is 9.59. The van der Waals surface area contributed by atoms with E-state index in [0.717, 1.165) is 12.1 Å². The first-order chi connectivity index (χ1) is 19.0. The van der Waals surface area contributed by atoms with E-state index in [1.807, 2.05) is 0 Å². The molecule has 1 saturated heterocycles. The van der Waals surface area contributed by atoms with E-state index < -0.39 is 35.2 Å². The summed E-state index contributed by atoms with van der Waals surface area (Å²) in [6, 6.07) is 9.81. The second-order valence-electron chi connectivity index (χ2n) is 9.59. The number of amides is 1. The Morgan fingerprint density at radius 2 is 1.90 bits per heavy atom. The zero-order valence-electron chi connectivity index (χ0n) is 20.9. The van der Waals surface area contributed by atoms with Gasteiger partial charge in [-0.2, -0.15) is 18.3 Å². The molecule has 13 heteroatoms. The molecule has 4 heterocycles. The fourth-order valence-corrected chi connectivity index (χ4v) is 5.20. The molecular weight excluding hydrogens is 529 g/mol. The highest BCUT2D eigenvalue weighted by Crippen LogP contribution is 2.35. The van der Waals surface area contributed by atoms with E-state index in [0.29, 0.717) is 35.9 Å². The lowest BCUT2D eigenvalue weighted by Crippen LogP contribution is -2.40. The van der Waals surface area contributed by atoms with Crippen LogP contribution in [0.5, 0.6) is 0 Å². The summed E-state index contributed by atoms with van der Waals surface area (Å²) >= 11 is 0. The number of aromatic nitrogens is 5. The van der Waals surface area contributed by atoms with E-state index in [4.69, 9.17) is 0 Å². The molecule has 0 aliphatic carbocycles. The largest absolute Gasteiger partial charge is 0.480 e. The smallest absolute Gasteiger partial charge is 0.416 e. The van der Waals surface area contributed by atoms with Gasteiger partial charge in [0.1, 0.15) is 6.04 Å². The fourth-order valence-electron chi connectivity index (χ4n) is 5.20. The maximum Gasteiger partial charge on any atom is 0.416 e. The summed E-state index contributed by atoms with van der Waals surface area (Å²) in [6.45, 7) is 0.303. The van der Waals surface area contributed by atoms with Crippen LogP contribution in [0.1, 0.15) is 28.8 Å². The first-order valence-corrected chi connectivity index (χ1v) is 12.3. The van der Waals surface area contributed by atoms with Gasteiger partial charge in [0.25, 0.3) is 11.5 Å². The van der Waals surface area contributed by atoms with Gasteiger partial charge in [-0.15, -0.1) is 0 Å². The van der Waals surface area contributed by atoms with Gasteiger partial charge in [-0.05, 0) is 43.2 Å². The van der Waals surface area contributed by atoms with Crippen LogP contribution < -0.4 is 5.56 Å². The summed E-state index contributed by atoms with van der Waals surface area (Å²) in [5.41, 5.74) is -0.175. The van der Waals surface area contributed by atoms with E-state index in [-0.39, 0.29) is 27.9 Å². The lowest BCUT2D eigenvalue weighted by atomic mass is 10.0. The Kier molecular flexibility index (Phi) is 5.75. The van der Waals surface area contributed by atoms with Crippen LogP contribution in [0.2, 0.25) is 0 Å². The molecule has 5 aromatic rings. The predicted octanol–water partition coefficient (Wildman–Crippen LogP) is 3.98. The molecule has 2 N–H and O–H groups in total. The number of fused-ring (bicyclic) bond motifs is 3. The van der Waals surface area contributed by atoms with Gasteiger partial charge in [0.05, 0.1) is 39.4 Å². The number of alkyl halides is 3. The number of benzene rings is 2. The average molecular weight is 550 g/mol. The Labute approximate surface area is 223 Å². The molecule has 1 atom stereocenters. The van der Waals surface area contributed by atoms with E-state index >= 15 is 0 Å². The van der Waals surface area contributed by atoms with Crippen molar-refractivity contribution in [2.75, 3.05) is 6.54 Å². The summed E-state index contributed by atoms with van der Waals surface area (Å²) < 4.78 is 43.1. The van der Waals surface area contributed by atoms with Crippen molar-refractivity contribution in [1.29, 1.82) is 0 Å². The number of carboxylic acid groups (broad SMARTS) is 1. The van der Waals surface area contributed by atoms with Crippen LogP contribution >= 0.6 is 0 Å². The number of aromatic amines is 1. The maximum atomic E-state index is 13.8. The van der Waals surface area contributed by atoms with Gasteiger partial charge in [0.15, 0.2) is 5.65 Å². The van der Waals surface area contributed by atoms with Crippen molar-refractivity contribution >= 4 is 33.8 Å². The third kappa shape index (κ3) is 4.01. The van der Waals surface area contributed by atoms with Crippen LogP contribution in [0.4, 0.5) is 13.2 Å². The topological polar surface area (TPSA) is 126 Å². The number of H-pyrrole nitrogens is 1. The zero-order valence-corrected chi connectivity index (χ0v) is 20.9. The second kappa shape index (κ2) is 9.07. The maximum absolute atomic E-state index is 13.8. The number of hydrogen-bond acceptors (Lipinski definition) is 5. The zero-order chi connectivity index (χ0) is 28.3. The number of carbonyl (C=O) groups excluding carboxylic acids is 1. The van der Waals surface area contributed by atoms with Gasteiger partial charge >= 0.3 is 12.1 Å². The molecular formula is C27H21F3N6O4. The van der Waals surface area contributed by atoms with Crippen molar-refractivity contribution in [3.05, 3.63) is 76.2 Å². The highest BCUT2D eigenvalue weighted by molar-refractivity contribution is 6.07. The third-order valence-electron chi connectivity index (χ3n) is 7.14. The molecule has 10 nitrogen and oxygen atoms in total. The van der Waals surface area contributed by atoms with Crippen LogP contribution in [-0.4, -0.2) is 59.0 Å². The number of nitrogens with zero attached hydrogens (tertiary/aromatic N) is 5. The Balaban J connectivity index is 1.53. The number of rotatable bonds is 4. The number of carbonyl (C=O) groups is 2. The Morgan fingerprint density at radius 1 is 1.12 bits per heavy atom. The number of aryl methyl sites for hydroxylation is 1. The molecule has 40 heavy (non-hydrogen) atoms. The average Bonchev–Trinajstić information content (AvgIpc) is 3.65. The number of pyridine rings is 1. The van der Waals surface area contributed by atoms with Crippen molar-refractivity contribution < 1.29 is 27.9 Å². The monoisotopic (exact) mass is 550 g/mol. The fraction of sp³-hybridized carbons (Fsp3) is 0.222. The minimum atomic E-state index is -4.59. The molecule has 204 valence electrons. The van der Waals surface area contributed by atoms with Gasteiger partial charge in [0, 0.05) is 24.7 Å². The molecule has 3 aromatic heterocycles. The number of nitrogens with one attached hydrogen (secondary N) is 1. The van der Waals surface area contributed by atoms with Crippen molar-refractivity contribution in [2.45, 2.75) is 25.1 Å². The van der Waals surface area contributed by atoms with E-state index in [2.05, 4.69) is 15.2 Å². The van der Waals surface area contributed by atoms with Crippen molar-refractivity contribution in [3.8, 4) is 16.9 Å². The lowest BCUT2D eigenvalue weighted by molar-refractivity contribution is -0.141. The molecule has 0 bridgehead atoms. The third-order valence-corrected chi connectivity index (χ3v) is 7.14. The van der Waals surface area contributed by atoms with Crippen LogP contribution in [0.25, 0.3) is 38.9 Å². The van der Waals surface area contributed by atoms with Crippen LogP contribution in [0, 0.1) is 0 Å². The molecule has 1 aliphatic heterocycles. The molecule has 6 rings (SSSR count). The molecule has 0 saturated carbocycles.